The summed E-state index contributed by atoms with van der Waals surface area (Å²) < 4.78 is 0. The van der Waals surface area contributed by atoms with Crippen molar-refractivity contribution >= 4 is 108 Å². The molecular formula is C96H60N4. The van der Waals surface area contributed by atoms with E-state index in [0.717, 1.165) is 99.2 Å². The summed E-state index contributed by atoms with van der Waals surface area (Å²) in [5.74, 6) is 0. The van der Waals surface area contributed by atoms with E-state index in [1.165, 1.54) is 98.4 Å². The molecule has 16 aromatic carbocycles. The first-order chi connectivity index (χ1) is 49.5. The number of nitrogens with zero attached hydrogens (tertiary/aromatic N) is 4. The molecule has 4 heteroatoms. The van der Waals surface area contributed by atoms with Crippen molar-refractivity contribution in [3.8, 4) is 89.3 Å². The van der Waals surface area contributed by atoms with E-state index in [0.29, 0.717) is 0 Å². The van der Waals surface area contributed by atoms with E-state index >= 15 is 0 Å². The molecule has 0 aliphatic carbocycles. The lowest BCUT2D eigenvalue weighted by Crippen LogP contribution is -1.94. The second-order valence-corrected chi connectivity index (χ2v) is 26.0. The molecule has 0 aliphatic rings. The molecule has 0 unspecified atom stereocenters. The van der Waals surface area contributed by atoms with Gasteiger partial charge in [-0.05, 0) is 176 Å². The Labute approximate surface area is 578 Å². The van der Waals surface area contributed by atoms with Crippen molar-refractivity contribution in [1.29, 1.82) is 0 Å². The molecule has 0 amide bonds. The molecule has 20 aromatic rings. The van der Waals surface area contributed by atoms with Crippen LogP contribution in [0, 0.1) is 0 Å². The van der Waals surface area contributed by atoms with E-state index in [1.54, 1.807) is 0 Å². The first kappa shape index (κ1) is 58.1. The third kappa shape index (κ3) is 10.5. The van der Waals surface area contributed by atoms with Crippen LogP contribution in [0.25, 0.3) is 198 Å². The van der Waals surface area contributed by atoms with Crippen LogP contribution >= 0.6 is 0 Å². The van der Waals surface area contributed by atoms with Gasteiger partial charge in [-0.2, -0.15) is 0 Å². The van der Waals surface area contributed by atoms with Crippen molar-refractivity contribution in [2.75, 3.05) is 0 Å². The summed E-state index contributed by atoms with van der Waals surface area (Å²) in [5, 5.41) is 19.1. The standard InChI is InChI=1S/2C48H30N2/c1-3-11-35-25-37(23-19-31(35)9-1)43-28-45-44(38-24-20-32-10-2-4-12-36(32)26-38)29-47(50-48(45)42-15-7-6-14-41(42)43)34-21-17-33(18-22-34)40-27-39-13-5-8-16-46(39)49-30-40;1-3-11-36-27-38(24-18-31(36)9-1)43-29-45-44(39-25-19-32-10-2-4-12-37(32)28-39)30-46(50-48(45)42-16-6-5-15-41(42)43)34-22-20-33(21-23-34)40-17-7-13-35-14-8-26-49-47(35)40/h2*1-30H. The monoisotopic (exact) mass is 1270 g/mol. The highest BCUT2D eigenvalue weighted by molar-refractivity contribution is 6.19. The summed E-state index contributed by atoms with van der Waals surface area (Å²) in [7, 11) is 0. The minimum atomic E-state index is 0.951. The number of rotatable bonds is 8. The second kappa shape index (κ2) is 24.4. The van der Waals surface area contributed by atoms with E-state index < -0.39 is 0 Å². The van der Waals surface area contributed by atoms with Gasteiger partial charge in [0.2, 0.25) is 0 Å². The van der Waals surface area contributed by atoms with Crippen LogP contribution in [-0.2, 0) is 0 Å². The Morgan fingerprint density at radius 1 is 0.170 bits per heavy atom. The van der Waals surface area contributed by atoms with E-state index in [4.69, 9.17) is 19.9 Å². The molecular weight excluding hydrogens is 1210 g/mol. The van der Waals surface area contributed by atoms with Crippen LogP contribution in [0.15, 0.2) is 364 Å². The van der Waals surface area contributed by atoms with Gasteiger partial charge in [0.1, 0.15) is 0 Å². The quantitative estimate of drug-likeness (QED) is 0.142. The zero-order valence-corrected chi connectivity index (χ0v) is 54.4. The Hall–Kier alpha value is -13.3. The number of hydrogen-bond acceptors (Lipinski definition) is 4. The smallest absolute Gasteiger partial charge is 0.0794 e. The molecule has 464 valence electrons. The Morgan fingerprint density at radius 2 is 0.520 bits per heavy atom. The molecule has 100 heavy (non-hydrogen) atoms. The molecule has 0 saturated heterocycles. The van der Waals surface area contributed by atoms with E-state index in [-0.39, 0.29) is 0 Å². The third-order valence-corrected chi connectivity index (χ3v) is 20.1. The van der Waals surface area contributed by atoms with Gasteiger partial charge in [0.25, 0.3) is 0 Å². The van der Waals surface area contributed by atoms with Gasteiger partial charge >= 0.3 is 0 Å². The fourth-order valence-corrected chi connectivity index (χ4v) is 15.0. The minimum Gasteiger partial charge on any atom is -0.256 e. The molecule has 4 heterocycles. The lowest BCUT2D eigenvalue weighted by Gasteiger charge is -2.16. The predicted molar refractivity (Wildman–Crippen MR) is 423 cm³/mol. The molecule has 0 aliphatic heterocycles. The summed E-state index contributed by atoms with van der Waals surface area (Å²) in [4.78, 5) is 20.3. The summed E-state index contributed by atoms with van der Waals surface area (Å²) >= 11 is 0. The van der Waals surface area contributed by atoms with Crippen LogP contribution in [-0.4, -0.2) is 19.9 Å². The molecule has 0 spiro atoms. The fraction of sp³-hybridized carbons (Fsp3) is 0. The highest BCUT2D eigenvalue weighted by atomic mass is 14.7. The molecule has 0 fully saturated rings. The molecule has 0 bridgehead atoms. The first-order valence-electron chi connectivity index (χ1n) is 34.1. The van der Waals surface area contributed by atoms with Crippen LogP contribution in [0.5, 0.6) is 0 Å². The average Bonchev–Trinajstić information content (AvgIpc) is 0.744. The van der Waals surface area contributed by atoms with Crippen molar-refractivity contribution in [2.45, 2.75) is 0 Å². The topological polar surface area (TPSA) is 51.6 Å². The summed E-state index contributed by atoms with van der Waals surface area (Å²) in [6.07, 6.45) is 3.83. The summed E-state index contributed by atoms with van der Waals surface area (Å²) in [5.41, 5.74) is 22.1. The van der Waals surface area contributed by atoms with Crippen LogP contribution in [0.3, 0.4) is 0 Å². The maximum atomic E-state index is 5.45. The molecule has 0 saturated carbocycles. The van der Waals surface area contributed by atoms with Gasteiger partial charge in [0, 0.05) is 67.0 Å². The molecule has 20 rings (SSSR count). The van der Waals surface area contributed by atoms with E-state index in [2.05, 4.69) is 340 Å². The number of aromatic nitrogens is 4. The lowest BCUT2D eigenvalue weighted by molar-refractivity contribution is 1.40. The molecule has 0 N–H and O–H groups in total. The van der Waals surface area contributed by atoms with Gasteiger partial charge < -0.3 is 0 Å². The molecule has 4 nitrogen and oxygen atoms in total. The van der Waals surface area contributed by atoms with Crippen molar-refractivity contribution < 1.29 is 0 Å². The molecule has 0 atom stereocenters. The highest BCUT2D eigenvalue weighted by Crippen LogP contribution is 2.45. The summed E-state index contributed by atoms with van der Waals surface area (Å²) in [6, 6.07) is 127. The van der Waals surface area contributed by atoms with Gasteiger partial charge in [0.15, 0.2) is 0 Å². The van der Waals surface area contributed by atoms with Crippen LogP contribution in [0.2, 0.25) is 0 Å². The second-order valence-electron chi connectivity index (χ2n) is 26.0. The zero-order chi connectivity index (χ0) is 66.0. The lowest BCUT2D eigenvalue weighted by atomic mass is 9.90. The maximum Gasteiger partial charge on any atom is 0.0794 e. The largest absolute Gasteiger partial charge is 0.256 e. The Balaban J connectivity index is 0.000000139. The van der Waals surface area contributed by atoms with Crippen LogP contribution in [0.4, 0.5) is 0 Å². The van der Waals surface area contributed by atoms with E-state index in [9.17, 15) is 0 Å². The van der Waals surface area contributed by atoms with Crippen molar-refractivity contribution in [2.24, 2.45) is 0 Å². The third-order valence-electron chi connectivity index (χ3n) is 20.1. The molecule has 4 aromatic heterocycles. The average molecular weight is 1270 g/mol. The Bertz CT molecular complexity index is 6640. The number of fused-ring (bicyclic) bond motifs is 12. The Kier molecular flexibility index (Phi) is 14.2. The van der Waals surface area contributed by atoms with Gasteiger partial charge in [-0.15, -0.1) is 0 Å². The van der Waals surface area contributed by atoms with Gasteiger partial charge in [-0.25, -0.2) is 9.97 Å². The van der Waals surface area contributed by atoms with Crippen LogP contribution < -0.4 is 0 Å². The zero-order valence-electron chi connectivity index (χ0n) is 54.4. The minimum absolute atomic E-state index is 0.951. The number of benzene rings is 16. The predicted octanol–water partition coefficient (Wildman–Crippen LogP) is 25.8. The van der Waals surface area contributed by atoms with Gasteiger partial charge in [-0.3, -0.25) is 9.97 Å². The number of para-hydroxylation sites is 2. The SMILES string of the molecule is c1ccc2cc(-c3cc4c(-c5ccc6ccccc6c5)cc(-c5ccc(-c6cccc7cccnc67)cc5)nc4c4ccccc34)ccc2c1.c1ccc2cc(-c3cc4c(-c5ccc6ccccc6c5)cc(-c5ccc(-c6cnc7ccccc7c6)cc5)nc4c4ccccc34)ccc2c1. The summed E-state index contributed by atoms with van der Waals surface area (Å²) in [6.45, 7) is 0. The van der Waals surface area contributed by atoms with Crippen molar-refractivity contribution in [1.82, 2.24) is 19.9 Å². The first-order valence-corrected chi connectivity index (χ1v) is 34.1. The van der Waals surface area contributed by atoms with Crippen LogP contribution in [0.1, 0.15) is 0 Å². The van der Waals surface area contributed by atoms with E-state index in [1.807, 2.05) is 24.5 Å². The van der Waals surface area contributed by atoms with Gasteiger partial charge in [0.05, 0.1) is 33.5 Å². The maximum absolute atomic E-state index is 5.45. The van der Waals surface area contributed by atoms with Gasteiger partial charge in [-0.1, -0.05) is 285 Å². The number of pyridine rings is 4. The number of hydrogen-bond donors (Lipinski definition) is 0. The fourth-order valence-electron chi connectivity index (χ4n) is 15.0. The normalized spacial score (nSPS) is 11.6. The Morgan fingerprint density at radius 3 is 0.990 bits per heavy atom. The molecule has 0 radical (unpaired) electrons. The van der Waals surface area contributed by atoms with Crippen molar-refractivity contribution in [3.63, 3.8) is 0 Å². The highest BCUT2D eigenvalue weighted by Gasteiger charge is 2.20. The van der Waals surface area contributed by atoms with Crippen molar-refractivity contribution in [3.05, 3.63) is 364 Å².